The molecule has 0 saturated heterocycles. The second kappa shape index (κ2) is 3.44. The lowest BCUT2D eigenvalue weighted by atomic mass is 10.7. The Morgan fingerprint density at radius 2 is 2.00 bits per heavy atom. The standard InChI is InChI=1S/C3H10F2N2O2S/c1-7(2-3(4)5)10(6,8)9/h3,8-9H,2,6H2,1H3. The van der Waals surface area contributed by atoms with Crippen LogP contribution in [-0.2, 0) is 0 Å². The summed E-state index contributed by atoms with van der Waals surface area (Å²) in [5.74, 6) is 0. The van der Waals surface area contributed by atoms with Crippen LogP contribution in [0.1, 0.15) is 0 Å². The van der Waals surface area contributed by atoms with Crippen molar-refractivity contribution in [2.45, 2.75) is 6.43 Å². The SMILES string of the molecule is CN(CC(F)F)S(N)(O)O. The lowest BCUT2D eigenvalue weighted by molar-refractivity contribution is 0.123. The number of alkyl halides is 2. The lowest BCUT2D eigenvalue weighted by Crippen LogP contribution is -2.32. The maximum Gasteiger partial charge on any atom is 0.252 e. The molecule has 0 atom stereocenters. The van der Waals surface area contributed by atoms with E-state index in [1.54, 1.807) is 0 Å². The molecule has 10 heavy (non-hydrogen) atoms. The predicted octanol–water partition coefficient (Wildman–Crippen LogP) is 0.723. The van der Waals surface area contributed by atoms with Crippen LogP contribution in [0.5, 0.6) is 0 Å². The summed E-state index contributed by atoms with van der Waals surface area (Å²) in [5, 5.41) is 4.71. The molecule has 0 aromatic rings. The maximum atomic E-state index is 11.5. The van der Waals surface area contributed by atoms with E-state index in [-0.39, 0.29) is 0 Å². The van der Waals surface area contributed by atoms with Crippen LogP contribution in [0.2, 0.25) is 0 Å². The van der Waals surface area contributed by atoms with E-state index in [1.807, 2.05) is 0 Å². The van der Waals surface area contributed by atoms with Gasteiger partial charge in [0.05, 0.1) is 6.54 Å². The summed E-state index contributed by atoms with van der Waals surface area (Å²) in [7, 11) is -2.33. The van der Waals surface area contributed by atoms with Crippen molar-refractivity contribution in [2.24, 2.45) is 5.14 Å². The Balaban J connectivity index is 3.73. The second-order valence-electron chi connectivity index (χ2n) is 1.76. The molecular formula is C3H10F2N2O2S. The summed E-state index contributed by atoms with van der Waals surface area (Å²) in [6, 6.07) is 0. The third-order valence-corrected chi connectivity index (χ3v) is 1.92. The van der Waals surface area contributed by atoms with Crippen molar-refractivity contribution in [3.05, 3.63) is 0 Å². The molecule has 4 N–H and O–H groups in total. The topological polar surface area (TPSA) is 69.7 Å². The van der Waals surface area contributed by atoms with Gasteiger partial charge in [-0.3, -0.25) is 9.11 Å². The Bertz CT molecular complexity index is 107. The highest BCUT2D eigenvalue weighted by molar-refractivity contribution is 8.20. The average Bonchev–Trinajstić information content (AvgIpc) is 1.60. The zero-order valence-corrected chi connectivity index (χ0v) is 6.18. The van der Waals surface area contributed by atoms with Crippen LogP contribution in [-0.4, -0.2) is 33.4 Å². The van der Waals surface area contributed by atoms with E-state index < -0.39 is 23.9 Å². The highest BCUT2D eigenvalue weighted by Gasteiger charge is 2.16. The quantitative estimate of drug-likeness (QED) is 0.592. The minimum absolute atomic E-state index is 0.609. The van der Waals surface area contributed by atoms with E-state index in [1.165, 1.54) is 0 Å². The first-order valence-electron chi connectivity index (χ1n) is 2.39. The first-order valence-corrected chi connectivity index (χ1v) is 3.96. The molecule has 0 aromatic carbocycles. The van der Waals surface area contributed by atoms with E-state index >= 15 is 0 Å². The van der Waals surface area contributed by atoms with E-state index in [0.29, 0.717) is 4.31 Å². The van der Waals surface area contributed by atoms with Gasteiger partial charge in [-0.05, 0) is 0 Å². The first-order chi connectivity index (χ1) is 4.34. The highest BCUT2D eigenvalue weighted by atomic mass is 32.3. The van der Waals surface area contributed by atoms with Gasteiger partial charge in [-0.25, -0.2) is 13.9 Å². The Hall–Kier alpha value is 0.0500. The second-order valence-corrected chi connectivity index (χ2v) is 3.51. The van der Waals surface area contributed by atoms with Crippen molar-refractivity contribution < 1.29 is 17.9 Å². The molecule has 0 spiro atoms. The largest absolute Gasteiger partial charge is 0.273 e. The van der Waals surface area contributed by atoms with Gasteiger partial charge < -0.3 is 0 Å². The molecule has 0 aliphatic carbocycles. The summed E-state index contributed by atoms with van der Waals surface area (Å²) in [5.41, 5.74) is 0. The third-order valence-electron chi connectivity index (χ3n) is 0.854. The molecule has 0 radical (unpaired) electrons. The Labute approximate surface area is 59.2 Å². The Morgan fingerprint density at radius 1 is 1.60 bits per heavy atom. The van der Waals surface area contributed by atoms with Crippen molar-refractivity contribution in [2.75, 3.05) is 13.6 Å². The maximum absolute atomic E-state index is 11.5. The van der Waals surface area contributed by atoms with Crippen LogP contribution in [0.3, 0.4) is 0 Å². The van der Waals surface area contributed by atoms with Crippen LogP contribution in [0, 0.1) is 0 Å². The van der Waals surface area contributed by atoms with Gasteiger partial charge in [0, 0.05) is 7.05 Å². The molecule has 0 amide bonds. The molecule has 7 heteroatoms. The molecular weight excluding hydrogens is 166 g/mol. The summed E-state index contributed by atoms with van der Waals surface area (Å²) in [4.78, 5) is 0. The predicted molar refractivity (Wildman–Crippen MR) is 35.7 cm³/mol. The fraction of sp³-hybridized carbons (Fsp3) is 1.00. The van der Waals surface area contributed by atoms with Gasteiger partial charge in [-0.1, -0.05) is 11.0 Å². The molecule has 0 aliphatic rings. The fourth-order valence-electron chi connectivity index (χ4n) is 0.304. The molecule has 0 saturated carbocycles. The van der Waals surface area contributed by atoms with Crippen LogP contribution in [0.4, 0.5) is 8.78 Å². The minimum Gasteiger partial charge on any atom is -0.273 e. The van der Waals surface area contributed by atoms with Gasteiger partial charge in [-0.2, -0.15) is 4.31 Å². The van der Waals surface area contributed by atoms with Gasteiger partial charge in [0.25, 0.3) is 6.43 Å². The molecule has 0 heterocycles. The van der Waals surface area contributed by atoms with Crippen LogP contribution < -0.4 is 5.14 Å². The molecule has 64 valence electrons. The third kappa shape index (κ3) is 3.96. The highest BCUT2D eigenvalue weighted by Crippen LogP contribution is 2.31. The van der Waals surface area contributed by atoms with Gasteiger partial charge in [0.1, 0.15) is 0 Å². The Morgan fingerprint density at radius 3 is 2.10 bits per heavy atom. The van der Waals surface area contributed by atoms with E-state index in [4.69, 9.17) is 14.2 Å². The van der Waals surface area contributed by atoms with Gasteiger partial charge in [0.15, 0.2) is 0 Å². The van der Waals surface area contributed by atoms with Crippen LogP contribution >= 0.6 is 11.0 Å². The fourth-order valence-corrected chi connectivity index (χ4v) is 0.636. The number of rotatable bonds is 3. The van der Waals surface area contributed by atoms with E-state index in [9.17, 15) is 8.78 Å². The summed E-state index contributed by atoms with van der Waals surface area (Å²) < 4.78 is 40.7. The van der Waals surface area contributed by atoms with Crippen molar-refractivity contribution in [1.82, 2.24) is 4.31 Å². The molecule has 0 fully saturated rings. The summed E-state index contributed by atoms with van der Waals surface area (Å²) in [6.07, 6.45) is -2.61. The molecule has 0 rings (SSSR count). The zero-order valence-electron chi connectivity index (χ0n) is 5.37. The zero-order chi connectivity index (χ0) is 8.36. The van der Waals surface area contributed by atoms with E-state index in [0.717, 1.165) is 7.05 Å². The van der Waals surface area contributed by atoms with Gasteiger partial charge >= 0.3 is 0 Å². The molecule has 0 aromatic heterocycles. The smallest absolute Gasteiger partial charge is 0.252 e. The molecule has 0 aliphatic heterocycles. The van der Waals surface area contributed by atoms with Crippen molar-refractivity contribution in [1.29, 1.82) is 0 Å². The summed E-state index contributed by atoms with van der Waals surface area (Å²) in [6.45, 7) is -0.737. The molecule has 0 bridgehead atoms. The van der Waals surface area contributed by atoms with E-state index in [2.05, 4.69) is 0 Å². The number of nitrogens with two attached hydrogens (primary N) is 1. The minimum atomic E-state index is -3.44. The monoisotopic (exact) mass is 176 g/mol. The Kier molecular flexibility index (Phi) is 3.46. The molecule has 4 nitrogen and oxygen atoms in total. The van der Waals surface area contributed by atoms with Crippen molar-refractivity contribution in [3.8, 4) is 0 Å². The van der Waals surface area contributed by atoms with Crippen LogP contribution in [0.25, 0.3) is 0 Å². The van der Waals surface area contributed by atoms with Gasteiger partial charge in [-0.15, -0.1) is 0 Å². The normalized spacial score (nSPS) is 14.8. The first kappa shape index (κ1) is 10.0. The number of hydrogen-bond acceptors (Lipinski definition) is 4. The average molecular weight is 176 g/mol. The molecule has 0 unspecified atom stereocenters. The van der Waals surface area contributed by atoms with Gasteiger partial charge in [0.2, 0.25) is 0 Å². The van der Waals surface area contributed by atoms with Crippen LogP contribution in [0.15, 0.2) is 0 Å². The van der Waals surface area contributed by atoms with Crippen molar-refractivity contribution in [3.63, 3.8) is 0 Å². The lowest BCUT2D eigenvalue weighted by Gasteiger charge is -2.35. The number of nitrogens with zero attached hydrogens (tertiary/aromatic N) is 1. The number of halogens is 2. The number of hydrogen-bond donors (Lipinski definition) is 3. The summed E-state index contributed by atoms with van der Waals surface area (Å²) >= 11 is 0. The van der Waals surface area contributed by atoms with Crippen molar-refractivity contribution >= 4 is 11.0 Å².